The zero-order chi connectivity index (χ0) is 31.9. The fraction of sp³-hybridized carbons (Fsp3) is 0.324. The maximum Gasteiger partial charge on any atom is 0.259 e. The number of nitrogens with zero attached hydrogens (tertiary/aromatic N) is 7. The predicted octanol–water partition coefficient (Wildman–Crippen LogP) is 5.91. The molecule has 0 bridgehead atoms. The van der Waals surface area contributed by atoms with Crippen molar-refractivity contribution in [2.75, 3.05) is 19.5 Å². The second kappa shape index (κ2) is 12.0. The van der Waals surface area contributed by atoms with Crippen LogP contribution >= 0.6 is 0 Å². The van der Waals surface area contributed by atoms with E-state index in [0.717, 1.165) is 46.8 Å². The van der Waals surface area contributed by atoms with Crippen LogP contribution in [0.15, 0.2) is 61.2 Å². The molecular formula is C34H35FN8O3. The molecule has 1 saturated carbocycles. The largest absolute Gasteiger partial charge is 0.497 e. The molecule has 0 unspecified atom stereocenters. The van der Waals surface area contributed by atoms with Crippen LogP contribution in [0.25, 0.3) is 17.2 Å². The van der Waals surface area contributed by atoms with E-state index in [-0.39, 0.29) is 17.4 Å². The van der Waals surface area contributed by atoms with Crippen LogP contribution in [-0.2, 0) is 19.6 Å². The van der Waals surface area contributed by atoms with E-state index in [0.29, 0.717) is 42.8 Å². The number of carbonyl (C=O) groups excluding carboxylic acids is 1. The lowest BCUT2D eigenvalue weighted by Gasteiger charge is -2.22. The summed E-state index contributed by atoms with van der Waals surface area (Å²) in [6.45, 7) is 5.69. The van der Waals surface area contributed by atoms with Crippen LogP contribution in [0.2, 0.25) is 0 Å². The number of halogens is 1. The van der Waals surface area contributed by atoms with Crippen LogP contribution < -0.4 is 14.8 Å². The number of methoxy groups -OCH3 is 2. The van der Waals surface area contributed by atoms with E-state index in [1.165, 1.54) is 6.07 Å². The van der Waals surface area contributed by atoms with Gasteiger partial charge in [0, 0.05) is 43.2 Å². The van der Waals surface area contributed by atoms with E-state index >= 15 is 4.39 Å². The summed E-state index contributed by atoms with van der Waals surface area (Å²) in [7, 11) is 3.26. The molecule has 12 heteroatoms. The van der Waals surface area contributed by atoms with Crippen LogP contribution in [0.3, 0.4) is 0 Å². The Morgan fingerprint density at radius 3 is 2.67 bits per heavy atom. The normalized spacial score (nSPS) is 14.5. The Labute approximate surface area is 266 Å². The number of amides is 1. The predicted molar refractivity (Wildman–Crippen MR) is 170 cm³/mol. The highest BCUT2D eigenvalue weighted by molar-refractivity contribution is 6.04. The molecule has 0 saturated heterocycles. The van der Waals surface area contributed by atoms with Crippen LogP contribution in [0.4, 0.5) is 10.2 Å². The number of hydrogen-bond acceptors (Lipinski definition) is 8. The summed E-state index contributed by atoms with van der Waals surface area (Å²) in [6, 6.07) is 14.2. The molecule has 1 aliphatic carbocycles. The molecule has 4 heterocycles. The molecule has 236 valence electrons. The van der Waals surface area contributed by atoms with Gasteiger partial charge in [0.2, 0.25) is 0 Å². The first kappa shape index (κ1) is 29.6. The SMILES string of the molecule is COc1ccc(CN2Cc3cc(F)c(C(=O)Nc4cccc(-c5nncn5C(C)C)n4)cc3-n3cnc(C4CC4)c3C2)c(OC)c1. The monoisotopic (exact) mass is 622 g/mol. The van der Waals surface area contributed by atoms with E-state index in [1.54, 1.807) is 51.1 Å². The minimum Gasteiger partial charge on any atom is -0.497 e. The average Bonchev–Trinajstić information content (AvgIpc) is 3.65. The molecule has 1 aliphatic heterocycles. The topological polar surface area (TPSA) is 112 Å². The molecule has 0 spiro atoms. The van der Waals surface area contributed by atoms with Crippen molar-refractivity contribution in [1.82, 2.24) is 34.2 Å². The summed E-state index contributed by atoms with van der Waals surface area (Å²) in [5.74, 6) is 1.51. The maximum atomic E-state index is 15.8. The summed E-state index contributed by atoms with van der Waals surface area (Å²) >= 11 is 0. The molecule has 1 N–H and O–H groups in total. The summed E-state index contributed by atoms with van der Waals surface area (Å²) in [5.41, 5.74) is 5.07. The van der Waals surface area contributed by atoms with Gasteiger partial charge in [-0.3, -0.25) is 9.69 Å². The second-order valence-electron chi connectivity index (χ2n) is 12.0. The number of nitrogens with one attached hydrogen (secondary N) is 1. The summed E-state index contributed by atoms with van der Waals surface area (Å²) in [6.07, 6.45) is 5.64. The van der Waals surface area contributed by atoms with Gasteiger partial charge in [0.05, 0.1) is 43.2 Å². The van der Waals surface area contributed by atoms with Gasteiger partial charge in [-0.05, 0) is 62.6 Å². The molecule has 1 amide bonds. The van der Waals surface area contributed by atoms with Crippen molar-refractivity contribution < 1.29 is 18.7 Å². The number of ether oxygens (including phenoxy) is 2. The molecule has 0 atom stereocenters. The summed E-state index contributed by atoms with van der Waals surface area (Å²) in [5, 5.41) is 11.0. The van der Waals surface area contributed by atoms with Gasteiger partial charge in [0.15, 0.2) is 5.82 Å². The Morgan fingerprint density at radius 2 is 1.91 bits per heavy atom. The molecule has 0 radical (unpaired) electrons. The summed E-state index contributed by atoms with van der Waals surface area (Å²) in [4.78, 5) is 25.2. The minimum atomic E-state index is -0.611. The number of benzene rings is 2. The zero-order valence-electron chi connectivity index (χ0n) is 26.2. The molecule has 1 fully saturated rings. The number of fused-ring (bicyclic) bond motifs is 3. The van der Waals surface area contributed by atoms with Gasteiger partial charge in [-0.2, -0.15) is 0 Å². The van der Waals surface area contributed by atoms with Crippen molar-refractivity contribution in [3.63, 3.8) is 0 Å². The van der Waals surface area contributed by atoms with Crippen molar-refractivity contribution in [3.8, 4) is 28.7 Å². The lowest BCUT2D eigenvalue weighted by Crippen LogP contribution is -2.22. The fourth-order valence-electron chi connectivity index (χ4n) is 6.04. The van der Waals surface area contributed by atoms with Crippen molar-refractivity contribution in [3.05, 3.63) is 95.1 Å². The molecule has 3 aromatic heterocycles. The van der Waals surface area contributed by atoms with Crippen LogP contribution in [0.1, 0.15) is 71.5 Å². The van der Waals surface area contributed by atoms with Gasteiger partial charge in [0.1, 0.15) is 35.2 Å². The number of imidazole rings is 1. The number of anilines is 1. The first-order chi connectivity index (χ1) is 22.3. The molecule has 7 rings (SSSR count). The van der Waals surface area contributed by atoms with Crippen molar-refractivity contribution in [2.24, 2.45) is 0 Å². The van der Waals surface area contributed by atoms with E-state index in [2.05, 4.69) is 25.4 Å². The molecule has 11 nitrogen and oxygen atoms in total. The quantitative estimate of drug-likeness (QED) is 0.216. The highest BCUT2D eigenvalue weighted by Crippen LogP contribution is 2.43. The zero-order valence-corrected chi connectivity index (χ0v) is 26.2. The van der Waals surface area contributed by atoms with Crippen LogP contribution in [-0.4, -0.2) is 54.3 Å². The number of pyridine rings is 1. The minimum absolute atomic E-state index is 0.0748. The number of carbonyl (C=O) groups is 1. The first-order valence-corrected chi connectivity index (χ1v) is 15.3. The van der Waals surface area contributed by atoms with Crippen molar-refractivity contribution in [1.29, 1.82) is 0 Å². The number of aromatic nitrogens is 6. The van der Waals surface area contributed by atoms with E-state index < -0.39 is 11.7 Å². The van der Waals surface area contributed by atoms with Gasteiger partial charge in [-0.25, -0.2) is 14.4 Å². The van der Waals surface area contributed by atoms with Gasteiger partial charge < -0.3 is 23.9 Å². The van der Waals surface area contributed by atoms with E-state index in [1.807, 2.05) is 41.2 Å². The van der Waals surface area contributed by atoms with Crippen molar-refractivity contribution >= 4 is 11.7 Å². The highest BCUT2D eigenvalue weighted by Gasteiger charge is 2.33. The van der Waals surface area contributed by atoms with Crippen LogP contribution in [0.5, 0.6) is 11.5 Å². The molecule has 46 heavy (non-hydrogen) atoms. The number of rotatable bonds is 9. The Bertz CT molecular complexity index is 1930. The lowest BCUT2D eigenvalue weighted by atomic mass is 10.1. The summed E-state index contributed by atoms with van der Waals surface area (Å²) < 4.78 is 30.8. The maximum absolute atomic E-state index is 15.8. The van der Waals surface area contributed by atoms with E-state index in [9.17, 15) is 4.79 Å². The third kappa shape index (κ3) is 5.60. The van der Waals surface area contributed by atoms with E-state index in [4.69, 9.17) is 14.5 Å². The Hall–Kier alpha value is -5.10. The third-order valence-electron chi connectivity index (χ3n) is 8.54. The third-order valence-corrected chi connectivity index (χ3v) is 8.54. The molecular weight excluding hydrogens is 587 g/mol. The standard InChI is InChI=1S/C34H35FN8O3/c1-20(2)42-19-37-40-33(42)27-6-5-7-31(38-27)39-34(44)25-14-28-23(12-26(25)35)16-41(15-22-10-11-24(45-3)13-30(22)46-4)17-29-32(21-8-9-21)36-18-43(28)29/h5-7,10-14,18-21H,8-9,15-17H2,1-4H3,(H,38,39,44). The van der Waals surface area contributed by atoms with Gasteiger partial charge in [-0.15, -0.1) is 10.2 Å². The van der Waals surface area contributed by atoms with Gasteiger partial charge in [-0.1, -0.05) is 12.1 Å². The first-order valence-electron chi connectivity index (χ1n) is 15.3. The Kier molecular flexibility index (Phi) is 7.73. The highest BCUT2D eigenvalue weighted by atomic mass is 19.1. The molecule has 2 aliphatic rings. The lowest BCUT2D eigenvalue weighted by molar-refractivity contribution is 0.102. The van der Waals surface area contributed by atoms with Crippen molar-refractivity contribution in [2.45, 2.75) is 58.3 Å². The van der Waals surface area contributed by atoms with Crippen LogP contribution in [0, 0.1) is 5.82 Å². The van der Waals surface area contributed by atoms with Gasteiger partial charge in [0.25, 0.3) is 5.91 Å². The number of hydrogen-bond donors (Lipinski definition) is 1. The Morgan fingerprint density at radius 1 is 1.07 bits per heavy atom. The fourth-order valence-corrected chi connectivity index (χ4v) is 6.04. The molecule has 5 aromatic rings. The smallest absolute Gasteiger partial charge is 0.259 e. The van der Waals surface area contributed by atoms with Gasteiger partial charge >= 0.3 is 0 Å². The average molecular weight is 623 g/mol. The Balaban J connectivity index is 1.21. The second-order valence-corrected chi connectivity index (χ2v) is 12.0. The molecule has 2 aromatic carbocycles.